The number of ether oxygens (including phenoxy) is 1. The van der Waals surface area contributed by atoms with Crippen molar-refractivity contribution in [2.75, 3.05) is 31.1 Å². The van der Waals surface area contributed by atoms with Crippen LogP contribution in [0.2, 0.25) is 0 Å². The van der Waals surface area contributed by atoms with E-state index in [0.29, 0.717) is 48.9 Å². The Hall–Kier alpha value is -3.94. The zero-order valence-electron chi connectivity index (χ0n) is 18.3. The molecule has 1 aromatic heterocycles. The summed E-state index contributed by atoms with van der Waals surface area (Å²) >= 11 is 0. The van der Waals surface area contributed by atoms with Gasteiger partial charge in [-0.15, -0.1) is 0 Å². The van der Waals surface area contributed by atoms with Gasteiger partial charge in [-0.05, 0) is 49.4 Å². The van der Waals surface area contributed by atoms with Crippen LogP contribution in [0, 0.1) is 5.82 Å². The molecule has 0 saturated carbocycles. The third-order valence-corrected chi connectivity index (χ3v) is 5.50. The molecule has 1 aliphatic rings. The van der Waals surface area contributed by atoms with Crippen LogP contribution in [0.25, 0.3) is 0 Å². The Balaban J connectivity index is 1.31. The zero-order valence-corrected chi connectivity index (χ0v) is 18.3. The Morgan fingerprint density at radius 1 is 1.03 bits per heavy atom. The Bertz CT molecular complexity index is 1130. The largest absolute Gasteiger partial charge is 0.439 e. The number of hydrogen-bond acceptors (Lipinski definition) is 5. The first-order chi connectivity index (χ1) is 16.0. The smallest absolute Gasteiger partial charge is 0.317 e. The van der Waals surface area contributed by atoms with Crippen LogP contribution in [0.1, 0.15) is 22.8 Å². The topological polar surface area (TPSA) is 74.8 Å². The summed E-state index contributed by atoms with van der Waals surface area (Å²) in [5.74, 6) is 0.310. The molecule has 2 aromatic carbocycles. The maximum Gasteiger partial charge on any atom is 0.317 e. The van der Waals surface area contributed by atoms with Crippen LogP contribution in [0.4, 0.5) is 14.9 Å². The monoisotopic (exact) mass is 448 g/mol. The number of rotatable bonds is 6. The van der Waals surface area contributed by atoms with Gasteiger partial charge < -0.3 is 19.9 Å². The van der Waals surface area contributed by atoms with E-state index in [-0.39, 0.29) is 18.4 Å². The summed E-state index contributed by atoms with van der Waals surface area (Å²) in [7, 11) is 0. The van der Waals surface area contributed by atoms with Gasteiger partial charge in [0, 0.05) is 61.8 Å². The van der Waals surface area contributed by atoms with Gasteiger partial charge in [0.05, 0.1) is 0 Å². The van der Waals surface area contributed by atoms with E-state index in [1.165, 1.54) is 12.1 Å². The molecule has 1 N–H and O–H groups in total. The van der Waals surface area contributed by atoms with Crippen LogP contribution < -0.4 is 15.0 Å². The fourth-order valence-corrected chi connectivity index (χ4v) is 3.65. The lowest BCUT2D eigenvalue weighted by Crippen LogP contribution is -2.51. The number of anilines is 1. The van der Waals surface area contributed by atoms with E-state index in [9.17, 15) is 14.0 Å². The number of piperazine rings is 1. The van der Waals surface area contributed by atoms with E-state index in [1.807, 2.05) is 30.3 Å². The summed E-state index contributed by atoms with van der Waals surface area (Å²) in [6.45, 7) is 4.36. The van der Waals surface area contributed by atoms with Gasteiger partial charge in [0.25, 0.3) is 0 Å². The van der Waals surface area contributed by atoms with Crippen LogP contribution in [-0.4, -0.2) is 47.9 Å². The number of carbonyl (C=O) groups is 2. The second-order valence-corrected chi connectivity index (χ2v) is 7.76. The van der Waals surface area contributed by atoms with Gasteiger partial charge in [0.15, 0.2) is 5.78 Å². The SMILES string of the molecule is CC(=O)c1ccc(N2CCN(C(=O)NCc3cccnc3Oc3cccc(F)c3)CC2)cc1. The number of aromatic nitrogens is 1. The van der Waals surface area contributed by atoms with Crippen molar-refractivity contribution < 1.29 is 18.7 Å². The molecule has 1 aliphatic heterocycles. The highest BCUT2D eigenvalue weighted by Gasteiger charge is 2.21. The number of Topliss-reactive ketones (excluding diaryl/α,β-unsaturated/α-hetero) is 1. The lowest BCUT2D eigenvalue weighted by atomic mass is 10.1. The van der Waals surface area contributed by atoms with E-state index in [0.717, 1.165) is 5.69 Å². The van der Waals surface area contributed by atoms with Crippen LogP contribution in [-0.2, 0) is 6.54 Å². The Kier molecular flexibility index (Phi) is 6.83. The highest BCUT2D eigenvalue weighted by atomic mass is 19.1. The number of carbonyl (C=O) groups excluding carboxylic acids is 2. The summed E-state index contributed by atoms with van der Waals surface area (Å²) in [6, 6.07) is 16.8. The average Bonchev–Trinajstić information content (AvgIpc) is 2.83. The minimum Gasteiger partial charge on any atom is -0.439 e. The molecular weight excluding hydrogens is 423 g/mol. The lowest BCUT2D eigenvalue weighted by molar-refractivity contribution is 0.101. The van der Waals surface area contributed by atoms with Crippen LogP contribution in [0.3, 0.4) is 0 Å². The molecule has 4 rings (SSSR count). The number of ketones is 1. The fraction of sp³-hybridized carbons (Fsp3) is 0.240. The number of amides is 2. The molecule has 1 fully saturated rings. The summed E-state index contributed by atoms with van der Waals surface area (Å²) in [5, 5.41) is 2.92. The van der Waals surface area contributed by atoms with Crippen molar-refractivity contribution >= 4 is 17.5 Å². The predicted molar refractivity (Wildman–Crippen MR) is 123 cm³/mol. The van der Waals surface area contributed by atoms with E-state index in [4.69, 9.17) is 4.74 Å². The fourth-order valence-electron chi connectivity index (χ4n) is 3.65. The van der Waals surface area contributed by atoms with Crippen molar-refractivity contribution in [2.45, 2.75) is 13.5 Å². The van der Waals surface area contributed by atoms with Crippen LogP contribution in [0.5, 0.6) is 11.6 Å². The molecule has 2 amide bonds. The zero-order chi connectivity index (χ0) is 23.2. The Morgan fingerprint density at radius 3 is 2.48 bits per heavy atom. The first-order valence-corrected chi connectivity index (χ1v) is 10.8. The minimum atomic E-state index is -0.396. The van der Waals surface area contributed by atoms with Crippen molar-refractivity contribution in [1.82, 2.24) is 15.2 Å². The second kappa shape index (κ2) is 10.1. The Morgan fingerprint density at radius 2 is 1.79 bits per heavy atom. The van der Waals surface area contributed by atoms with E-state index < -0.39 is 5.82 Å². The van der Waals surface area contributed by atoms with Gasteiger partial charge in [-0.2, -0.15) is 0 Å². The number of urea groups is 1. The third kappa shape index (κ3) is 5.65. The highest BCUT2D eigenvalue weighted by molar-refractivity contribution is 5.94. The third-order valence-electron chi connectivity index (χ3n) is 5.50. The standard InChI is InChI=1S/C25H25FN4O3/c1-18(31)19-7-9-22(10-8-19)29-12-14-30(15-13-29)25(32)28-17-20-4-3-11-27-24(20)33-23-6-2-5-21(26)16-23/h2-11,16H,12-15,17H2,1H3,(H,28,32). The number of hydrogen-bond donors (Lipinski definition) is 1. The van der Waals surface area contributed by atoms with E-state index in [1.54, 1.807) is 36.2 Å². The molecule has 0 atom stereocenters. The summed E-state index contributed by atoms with van der Waals surface area (Å²) < 4.78 is 19.1. The minimum absolute atomic E-state index is 0.0427. The number of nitrogens with zero attached hydrogens (tertiary/aromatic N) is 3. The molecule has 1 saturated heterocycles. The summed E-state index contributed by atoms with van der Waals surface area (Å²) in [4.78, 5) is 32.3. The molecule has 7 nitrogen and oxygen atoms in total. The van der Waals surface area contributed by atoms with Gasteiger partial charge in [-0.1, -0.05) is 12.1 Å². The number of nitrogens with one attached hydrogen (secondary N) is 1. The van der Waals surface area contributed by atoms with Crippen molar-refractivity contribution in [3.05, 3.63) is 83.8 Å². The molecule has 0 unspecified atom stereocenters. The molecule has 170 valence electrons. The molecular formula is C25H25FN4O3. The molecule has 0 aliphatic carbocycles. The summed E-state index contributed by atoms with van der Waals surface area (Å²) in [6.07, 6.45) is 1.59. The number of halogens is 1. The van der Waals surface area contributed by atoms with Gasteiger partial charge in [-0.25, -0.2) is 14.2 Å². The molecule has 2 heterocycles. The predicted octanol–water partition coefficient (Wildman–Crippen LogP) is 4.25. The maximum absolute atomic E-state index is 13.4. The summed E-state index contributed by atoms with van der Waals surface area (Å²) in [5.41, 5.74) is 2.42. The van der Waals surface area contributed by atoms with Crippen molar-refractivity contribution in [3.8, 4) is 11.6 Å². The molecule has 0 radical (unpaired) electrons. The first-order valence-electron chi connectivity index (χ1n) is 10.8. The molecule has 0 spiro atoms. The van der Waals surface area contributed by atoms with Gasteiger partial charge in [0.2, 0.25) is 5.88 Å². The van der Waals surface area contributed by atoms with Gasteiger partial charge in [-0.3, -0.25) is 4.79 Å². The van der Waals surface area contributed by atoms with Crippen molar-refractivity contribution in [2.24, 2.45) is 0 Å². The van der Waals surface area contributed by atoms with E-state index in [2.05, 4.69) is 15.2 Å². The molecule has 0 bridgehead atoms. The van der Waals surface area contributed by atoms with Crippen LogP contribution in [0.15, 0.2) is 66.9 Å². The molecule has 33 heavy (non-hydrogen) atoms. The molecule has 8 heteroatoms. The van der Waals surface area contributed by atoms with E-state index >= 15 is 0 Å². The normalized spacial score (nSPS) is 13.5. The quantitative estimate of drug-likeness (QED) is 0.571. The first kappa shape index (κ1) is 22.3. The van der Waals surface area contributed by atoms with Gasteiger partial charge in [0.1, 0.15) is 11.6 Å². The number of benzene rings is 2. The van der Waals surface area contributed by atoms with Gasteiger partial charge >= 0.3 is 6.03 Å². The highest BCUT2D eigenvalue weighted by Crippen LogP contribution is 2.23. The molecule has 3 aromatic rings. The number of pyridine rings is 1. The second-order valence-electron chi connectivity index (χ2n) is 7.76. The van der Waals surface area contributed by atoms with Crippen molar-refractivity contribution in [1.29, 1.82) is 0 Å². The van der Waals surface area contributed by atoms with Crippen LogP contribution >= 0.6 is 0 Å². The Labute approximate surface area is 191 Å². The average molecular weight is 448 g/mol. The maximum atomic E-state index is 13.4. The lowest BCUT2D eigenvalue weighted by Gasteiger charge is -2.36. The van der Waals surface area contributed by atoms with Crippen molar-refractivity contribution in [3.63, 3.8) is 0 Å².